The summed E-state index contributed by atoms with van der Waals surface area (Å²) >= 11 is 0. The Labute approximate surface area is 134 Å². The van der Waals surface area contributed by atoms with Gasteiger partial charge in [0.15, 0.2) is 5.82 Å². The second-order valence-corrected chi connectivity index (χ2v) is 5.68. The van der Waals surface area contributed by atoms with Crippen LogP contribution < -0.4 is 10.6 Å². The smallest absolute Gasteiger partial charge is 0.258 e. The molecule has 2 amide bonds. The summed E-state index contributed by atoms with van der Waals surface area (Å²) in [6.07, 6.45) is 3.72. The number of nitrogens with zero attached hydrogens (tertiary/aromatic N) is 2. The largest absolute Gasteiger partial charge is 0.360 e. The molecule has 0 aliphatic heterocycles. The minimum Gasteiger partial charge on any atom is -0.360 e. The molecule has 0 unspecified atom stereocenters. The van der Waals surface area contributed by atoms with Gasteiger partial charge in [-0.2, -0.15) is 0 Å². The van der Waals surface area contributed by atoms with Crippen molar-refractivity contribution in [3.8, 4) is 0 Å². The molecule has 0 fully saturated rings. The molecule has 2 N–H and O–H groups in total. The molecule has 2 aromatic rings. The second-order valence-electron chi connectivity index (χ2n) is 5.68. The summed E-state index contributed by atoms with van der Waals surface area (Å²) in [5.74, 6) is 0.778. The number of carbonyl (C=O) groups is 2. The van der Waals surface area contributed by atoms with Crippen molar-refractivity contribution in [2.24, 2.45) is 5.92 Å². The van der Waals surface area contributed by atoms with E-state index >= 15 is 0 Å². The van der Waals surface area contributed by atoms with Crippen LogP contribution in [-0.4, -0.2) is 28.5 Å². The van der Waals surface area contributed by atoms with Gasteiger partial charge in [0.25, 0.3) is 11.8 Å². The van der Waals surface area contributed by atoms with Gasteiger partial charge in [0, 0.05) is 25.0 Å². The van der Waals surface area contributed by atoms with Crippen LogP contribution in [0.25, 0.3) is 0 Å². The number of carbonyl (C=O) groups excluding carboxylic acids is 2. The molecular formula is C16H20N4O3. The van der Waals surface area contributed by atoms with E-state index in [1.54, 1.807) is 13.0 Å². The summed E-state index contributed by atoms with van der Waals surface area (Å²) in [6.45, 7) is 6.49. The molecule has 0 aromatic carbocycles. The maximum atomic E-state index is 12.1. The average molecular weight is 316 g/mol. The third-order valence-corrected chi connectivity index (χ3v) is 3.14. The number of pyridine rings is 1. The first-order chi connectivity index (χ1) is 11.0. The molecular weight excluding hydrogens is 296 g/mol. The Kier molecular flexibility index (Phi) is 5.46. The molecule has 0 radical (unpaired) electrons. The molecule has 2 aromatic heterocycles. The number of anilines is 1. The van der Waals surface area contributed by atoms with Gasteiger partial charge >= 0.3 is 0 Å². The minimum atomic E-state index is -0.400. The fourth-order valence-electron chi connectivity index (χ4n) is 1.88. The van der Waals surface area contributed by atoms with E-state index in [2.05, 4.69) is 34.6 Å². The molecule has 0 saturated heterocycles. The van der Waals surface area contributed by atoms with Crippen molar-refractivity contribution in [1.82, 2.24) is 15.5 Å². The van der Waals surface area contributed by atoms with Gasteiger partial charge in [0.05, 0.1) is 11.1 Å². The first-order valence-electron chi connectivity index (χ1n) is 7.43. The number of nitrogens with one attached hydrogen (secondary N) is 2. The van der Waals surface area contributed by atoms with Crippen molar-refractivity contribution in [3.63, 3.8) is 0 Å². The van der Waals surface area contributed by atoms with Gasteiger partial charge in [0.1, 0.15) is 5.76 Å². The van der Waals surface area contributed by atoms with Crippen LogP contribution >= 0.6 is 0 Å². The van der Waals surface area contributed by atoms with Crippen LogP contribution in [0.3, 0.4) is 0 Å². The normalized spacial score (nSPS) is 10.6. The van der Waals surface area contributed by atoms with Crippen molar-refractivity contribution in [2.75, 3.05) is 11.9 Å². The van der Waals surface area contributed by atoms with Crippen LogP contribution in [0.2, 0.25) is 0 Å². The van der Waals surface area contributed by atoms with Crippen LogP contribution in [0, 0.1) is 12.8 Å². The molecule has 2 rings (SSSR count). The zero-order valence-corrected chi connectivity index (χ0v) is 13.4. The zero-order chi connectivity index (χ0) is 16.8. The van der Waals surface area contributed by atoms with Crippen LogP contribution in [0.5, 0.6) is 0 Å². The predicted molar refractivity (Wildman–Crippen MR) is 85.2 cm³/mol. The summed E-state index contributed by atoms with van der Waals surface area (Å²) in [5.41, 5.74) is 0.625. The van der Waals surface area contributed by atoms with Gasteiger partial charge in [-0.25, -0.2) is 0 Å². The standard InChI is InChI=1S/C16H20N4O3/c1-10(2)4-5-18-15(21)12-7-13(9-17-8-12)16(22)19-14-6-11(3)23-20-14/h6-10H,4-5H2,1-3H3,(H,18,21)(H,19,20,22). The fourth-order valence-corrected chi connectivity index (χ4v) is 1.88. The van der Waals surface area contributed by atoms with E-state index < -0.39 is 5.91 Å². The van der Waals surface area contributed by atoms with Crippen molar-refractivity contribution < 1.29 is 14.1 Å². The van der Waals surface area contributed by atoms with E-state index in [9.17, 15) is 9.59 Å². The molecule has 7 heteroatoms. The van der Waals surface area contributed by atoms with E-state index in [1.165, 1.54) is 18.5 Å². The first-order valence-corrected chi connectivity index (χ1v) is 7.43. The van der Waals surface area contributed by atoms with E-state index in [4.69, 9.17) is 4.52 Å². The number of aryl methyl sites for hydroxylation is 1. The number of hydrogen-bond acceptors (Lipinski definition) is 5. The Morgan fingerprint density at radius 3 is 2.48 bits per heavy atom. The monoisotopic (exact) mass is 316 g/mol. The summed E-state index contributed by atoms with van der Waals surface area (Å²) in [4.78, 5) is 28.1. The lowest BCUT2D eigenvalue weighted by Gasteiger charge is -2.08. The quantitative estimate of drug-likeness (QED) is 0.853. The highest BCUT2D eigenvalue weighted by Crippen LogP contribution is 2.10. The predicted octanol–water partition coefficient (Wildman–Crippen LogP) is 2.41. The Morgan fingerprint density at radius 2 is 1.87 bits per heavy atom. The molecule has 2 heterocycles. The molecule has 0 saturated carbocycles. The van der Waals surface area contributed by atoms with Crippen LogP contribution in [0.1, 0.15) is 46.7 Å². The number of amides is 2. The second kappa shape index (κ2) is 7.53. The van der Waals surface area contributed by atoms with Gasteiger partial charge in [-0.05, 0) is 25.3 Å². The Bertz CT molecular complexity index is 694. The molecule has 122 valence electrons. The highest BCUT2D eigenvalue weighted by atomic mass is 16.5. The lowest BCUT2D eigenvalue weighted by Crippen LogP contribution is -2.26. The van der Waals surface area contributed by atoms with E-state index in [1.807, 2.05) is 0 Å². The molecule has 23 heavy (non-hydrogen) atoms. The first kappa shape index (κ1) is 16.7. The van der Waals surface area contributed by atoms with Gasteiger partial charge in [-0.1, -0.05) is 19.0 Å². The summed E-state index contributed by atoms with van der Waals surface area (Å²) < 4.78 is 4.88. The number of rotatable bonds is 6. The van der Waals surface area contributed by atoms with Crippen molar-refractivity contribution in [3.05, 3.63) is 41.4 Å². The summed E-state index contributed by atoms with van der Waals surface area (Å²) in [5, 5.41) is 9.09. The highest BCUT2D eigenvalue weighted by molar-refractivity contribution is 6.05. The third-order valence-electron chi connectivity index (χ3n) is 3.14. The van der Waals surface area contributed by atoms with E-state index in [0.717, 1.165) is 6.42 Å². The van der Waals surface area contributed by atoms with Gasteiger partial charge < -0.3 is 15.2 Å². The molecule has 0 bridgehead atoms. The van der Waals surface area contributed by atoms with Crippen LogP contribution in [-0.2, 0) is 0 Å². The van der Waals surface area contributed by atoms with Gasteiger partial charge in [-0.3, -0.25) is 14.6 Å². The molecule has 7 nitrogen and oxygen atoms in total. The van der Waals surface area contributed by atoms with Crippen LogP contribution in [0.15, 0.2) is 29.0 Å². The number of aromatic nitrogens is 2. The average Bonchev–Trinajstić information content (AvgIpc) is 2.92. The SMILES string of the molecule is Cc1cc(NC(=O)c2cncc(C(=O)NCCC(C)C)c2)no1. The lowest BCUT2D eigenvalue weighted by molar-refractivity contribution is 0.0951. The summed E-state index contributed by atoms with van der Waals surface area (Å²) in [7, 11) is 0. The maximum Gasteiger partial charge on any atom is 0.258 e. The van der Waals surface area contributed by atoms with Crippen molar-refractivity contribution in [2.45, 2.75) is 27.2 Å². The van der Waals surface area contributed by atoms with E-state index in [-0.39, 0.29) is 11.5 Å². The van der Waals surface area contributed by atoms with E-state index in [0.29, 0.717) is 29.6 Å². The minimum absolute atomic E-state index is 0.245. The maximum absolute atomic E-state index is 12.1. The number of hydrogen-bond donors (Lipinski definition) is 2. The van der Waals surface area contributed by atoms with Crippen molar-refractivity contribution in [1.29, 1.82) is 0 Å². The van der Waals surface area contributed by atoms with Gasteiger partial charge in [-0.15, -0.1) is 0 Å². The summed E-state index contributed by atoms with van der Waals surface area (Å²) in [6, 6.07) is 3.10. The highest BCUT2D eigenvalue weighted by Gasteiger charge is 2.13. The Morgan fingerprint density at radius 1 is 1.17 bits per heavy atom. The third kappa shape index (κ3) is 4.91. The van der Waals surface area contributed by atoms with Crippen molar-refractivity contribution >= 4 is 17.6 Å². The van der Waals surface area contributed by atoms with Gasteiger partial charge in [0.2, 0.25) is 0 Å². The molecule has 0 aliphatic rings. The molecule has 0 atom stereocenters. The molecule has 0 spiro atoms. The Hall–Kier alpha value is -2.70. The fraction of sp³-hybridized carbons (Fsp3) is 0.375. The lowest BCUT2D eigenvalue weighted by atomic mass is 10.1. The topological polar surface area (TPSA) is 97.1 Å². The molecule has 0 aliphatic carbocycles. The zero-order valence-electron chi connectivity index (χ0n) is 13.4. The van der Waals surface area contributed by atoms with Crippen LogP contribution in [0.4, 0.5) is 5.82 Å². The Balaban J connectivity index is 2.01.